The number of aromatic nitrogens is 3. The average Bonchev–Trinajstić information content (AvgIpc) is 3.23. The summed E-state index contributed by atoms with van der Waals surface area (Å²) in [4.78, 5) is 26.8. The molecule has 0 aliphatic heterocycles. The predicted octanol–water partition coefficient (Wildman–Crippen LogP) is 4.50. The van der Waals surface area contributed by atoms with Gasteiger partial charge in [0.1, 0.15) is 6.54 Å². The van der Waals surface area contributed by atoms with E-state index < -0.39 is 5.97 Å². The normalized spacial score (nSPS) is 11.2. The van der Waals surface area contributed by atoms with Crippen LogP contribution in [-0.2, 0) is 14.3 Å². The molecule has 0 N–H and O–H groups in total. The van der Waals surface area contributed by atoms with Crippen LogP contribution in [0.1, 0.15) is 23.6 Å². The maximum absolute atomic E-state index is 13.2. The van der Waals surface area contributed by atoms with E-state index in [0.717, 1.165) is 22.1 Å². The van der Waals surface area contributed by atoms with Crippen LogP contribution in [0.25, 0.3) is 16.6 Å². The predicted molar refractivity (Wildman–Crippen MR) is 131 cm³/mol. The van der Waals surface area contributed by atoms with Gasteiger partial charge in [-0.2, -0.15) is 0 Å². The lowest BCUT2D eigenvalue weighted by Crippen LogP contribution is -2.37. The Balaban J connectivity index is 1.64. The number of para-hydroxylation sites is 1. The number of carbonyl (C=O) groups excluding carboxylic acids is 2. The number of fused-ring (bicyclic) bond motifs is 3. The third-order valence-electron chi connectivity index (χ3n) is 5.53. The van der Waals surface area contributed by atoms with Crippen molar-refractivity contribution in [2.24, 2.45) is 0 Å². The minimum absolute atomic E-state index is 0.107. The Morgan fingerprint density at radius 2 is 1.70 bits per heavy atom. The molecule has 4 aromatic rings. The topological polar surface area (TPSA) is 76.8 Å². The lowest BCUT2D eigenvalue weighted by Gasteiger charge is -2.21. The summed E-state index contributed by atoms with van der Waals surface area (Å²) in [5, 5.41) is 10.5. The van der Waals surface area contributed by atoms with Crippen molar-refractivity contribution in [3.8, 4) is 0 Å². The molecule has 0 aliphatic carbocycles. The number of pyridine rings is 1. The van der Waals surface area contributed by atoms with Gasteiger partial charge >= 0.3 is 5.97 Å². The van der Waals surface area contributed by atoms with Gasteiger partial charge in [-0.1, -0.05) is 30.0 Å². The number of benzene rings is 2. The molecule has 8 heteroatoms. The number of hydrogen-bond donors (Lipinski definition) is 0. The zero-order valence-corrected chi connectivity index (χ0v) is 20.0. The van der Waals surface area contributed by atoms with Crippen LogP contribution in [0.2, 0.25) is 0 Å². The molecule has 2 aromatic heterocycles. The second kappa shape index (κ2) is 9.62. The molecule has 0 spiro atoms. The maximum Gasteiger partial charge on any atom is 0.326 e. The zero-order chi connectivity index (χ0) is 23.5. The number of rotatable bonds is 7. The molecule has 0 saturated carbocycles. The summed E-state index contributed by atoms with van der Waals surface area (Å²) >= 11 is 1.31. The summed E-state index contributed by atoms with van der Waals surface area (Å²) in [6.07, 6.45) is 0. The van der Waals surface area contributed by atoms with E-state index >= 15 is 0 Å². The van der Waals surface area contributed by atoms with Crippen molar-refractivity contribution in [2.75, 3.05) is 23.8 Å². The molecule has 0 saturated heterocycles. The van der Waals surface area contributed by atoms with E-state index in [9.17, 15) is 9.59 Å². The van der Waals surface area contributed by atoms with E-state index in [-0.39, 0.29) is 24.8 Å². The Morgan fingerprint density at radius 3 is 2.42 bits per heavy atom. The van der Waals surface area contributed by atoms with Gasteiger partial charge in [0.25, 0.3) is 0 Å². The van der Waals surface area contributed by atoms with Crippen LogP contribution in [-0.4, -0.2) is 45.4 Å². The van der Waals surface area contributed by atoms with Crippen molar-refractivity contribution in [1.29, 1.82) is 0 Å². The van der Waals surface area contributed by atoms with Crippen molar-refractivity contribution >= 4 is 45.9 Å². The monoisotopic (exact) mass is 462 g/mol. The second-order valence-corrected chi connectivity index (χ2v) is 8.82. The van der Waals surface area contributed by atoms with Gasteiger partial charge < -0.3 is 9.64 Å². The number of nitrogens with zero attached hydrogens (tertiary/aromatic N) is 4. The lowest BCUT2D eigenvalue weighted by atomic mass is 10.0. The molecule has 0 fully saturated rings. The molecule has 170 valence electrons. The van der Waals surface area contributed by atoms with Crippen LogP contribution < -0.4 is 4.90 Å². The van der Waals surface area contributed by atoms with E-state index in [0.29, 0.717) is 10.8 Å². The Labute approximate surface area is 196 Å². The number of carbonyl (C=O) groups is 2. The summed E-state index contributed by atoms with van der Waals surface area (Å²) < 4.78 is 7.08. The summed E-state index contributed by atoms with van der Waals surface area (Å²) in [6.45, 7) is 8.05. The lowest BCUT2D eigenvalue weighted by molar-refractivity contribution is -0.142. The van der Waals surface area contributed by atoms with Crippen LogP contribution in [0.15, 0.2) is 53.7 Å². The van der Waals surface area contributed by atoms with Gasteiger partial charge in [0.2, 0.25) is 5.91 Å². The first kappa shape index (κ1) is 22.8. The molecule has 2 aromatic carbocycles. The van der Waals surface area contributed by atoms with Gasteiger partial charge in [-0.25, -0.2) is 0 Å². The molecule has 7 nitrogen and oxygen atoms in total. The standard InChI is InChI=1S/C25H26N4O3S/c1-5-32-23(31)14-28(20-9-7-6-8-10-20)22(30)15-33-25-27-26-24-18(4)12-19-11-16(2)17(3)13-21(19)29(24)25/h6-13H,5,14-15H2,1-4H3. The molecular formula is C25H26N4O3S. The van der Waals surface area contributed by atoms with Crippen LogP contribution in [0.4, 0.5) is 5.69 Å². The fraction of sp³-hybridized carbons (Fsp3) is 0.280. The number of ether oxygens (including phenoxy) is 1. The SMILES string of the molecule is CCOC(=O)CN(C(=O)CSc1nnc2c(C)cc3cc(C)c(C)cc3n12)c1ccccc1. The highest BCUT2D eigenvalue weighted by Gasteiger charge is 2.21. The van der Waals surface area contributed by atoms with Gasteiger partial charge in [0.15, 0.2) is 10.8 Å². The third-order valence-corrected chi connectivity index (χ3v) is 6.44. The molecule has 33 heavy (non-hydrogen) atoms. The van der Waals surface area contributed by atoms with Gasteiger partial charge in [-0.3, -0.25) is 14.0 Å². The van der Waals surface area contributed by atoms with Gasteiger partial charge in [-0.05, 0) is 80.1 Å². The Kier molecular flexibility index (Phi) is 6.65. The van der Waals surface area contributed by atoms with Crippen LogP contribution >= 0.6 is 11.8 Å². The minimum atomic E-state index is -0.444. The van der Waals surface area contributed by atoms with Crippen LogP contribution in [0, 0.1) is 20.8 Å². The van der Waals surface area contributed by atoms with E-state index in [1.807, 2.05) is 29.5 Å². The molecule has 0 radical (unpaired) electrons. The quantitative estimate of drug-likeness (QED) is 0.297. The van der Waals surface area contributed by atoms with Crippen LogP contribution in [0.5, 0.6) is 0 Å². The smallest absolute Gasteiger partial charge is 0.326 e. The number of esters is 1. The highest BCUT2D eigenvalue weighted by Crippen LogP contribution is 2.28. The number of thioether (sulfide) groups is 1. The van der Waals surface area contributed by atoms with E-state index in [1.165, 1.54) is 27.8 Å². The van der Waals surface area contributed by atoms with Crippen molar-refractivity contribution in [3.63, 3.8) is 0 Å². The first-order chi connectivity index (χ1) is 15.9. The van der Waals surface area contributed by atoms with Crippen molar-refractivity contribution in [2.45, 2.75) is 32.9 Å². The van der Waals surface area contributed by atoms with E-state index in [4.69, 9.17) is 4.74 Å². The average molecular weight is 463 g/mol. The molecule has 2 heterocycles. The fourth-order valence-electron chi connectivity index (χ4n) is 3.74. The Morgan fingerprint density at radius 1 is 1.00 bits per heavy atom. The molecule has 0 bridgehead atoms. The number of hydrogen-bond acceptors (Lipinski definition) is 6. The minimum Gasteiger partial charge on any atom is -0.465 e. The Hall–Kier alpha value is -3.39. The second-order valence-electron chi connectivity index (χ2n) is 7.87. The highest BCUT2D eigenvalue weighted by molar-refractivity contribution is 7.99. The molecule has 1 amide bonds. The third kappa shape index (κ3) is 4.71. The number of aryl methyl sites for hydroxylation is 3. The van der Waals surface area contributed by atoms with E-state index in [1.54, 1.807) is 19.1 Å². The van der Waals surface area contributed by atoms with Crippen LogP contribution in [0.3, 0.4) is 0 Å². The fourth-order valence-corrected chi connectivity index (χ4v) is 4.56. The van der Waals surface area contributed by atoms with E-state index in [2.05, 4.69) is 42.2 Å². The van der Waals surface area contributed by atoms with Crippen molar-refractivity contribution in [3.05, 3.63) is 65.2 Å². The number of amides is 1. The van der Waals surface area contributed by atoms with Gasteiger partial charge in [0, 0.05) is 5.69 Å². The summed E-state index contributed by atoms with van der Waals surface area (Å²) in [7, 11) is 0. The molecule has 0 aliphatic rings. The molecule has 0 atom stereocenters. The molecular weight excluding hydrogens is 436 g/mol. The summed E-state index contributed by atoms with van der Waals surface area (Å²) in [6, 6.07) is 15.5. The summed E-state index contributed by atoms with van der Waals surface area (Å²) in [5.74, 6) is -0.546. The van der Waals surface area contributed by atoms with Gasteiger partial charge in [-0.15, -0.1) is 10.2 Å². The largest absolute Gasteiger partial charge is 0.465 e. The number of anilines is 1. The van der Waals surface area contributed by atoms with Crippen molar-refractivity contribution < 1.29 is 14.3 Å². The molecule has 4 rings (SSSR count). The zero-order valence-electron chi connectivity index (χ0n) is 19.2. The first-order valence-corrected chi connectivity index (χ1v) is 11.8. The maximum atomic E-state index is 13.2. The summed E-state index contributed by atoms with van der Waals surface area (Å²) in [5.41, 5.74) is 5.84. The Bertz CT molecular complexity index is 1330. The highest BCUT2D eigenvalue weighted by atomic mass is 32.2. The molecule has 0 unspecified atom stereocenters. The first-order valence-electron chi connectivity index (χ1n) is 10.8. The van der Waals surface area contributed by atoms with Gasteiger partial charge in [0.05, 0.1) is 17.9 Å². The van der Waals surface area contributed by atoms with Crippen molar-refractivity contribution in [1.82, 2.24) is 14.6 Å².